The predicted molar refractivity (Wildman–Crippen MR) is 85.3 cm³/mol. The van der Waals surface area contributed by atoms with Crippen LogP contribution in [0.15, 0.2) is 18.3 Å². The van der Waals surface area contributed by atoms with Crippen molar-refractivity contribution in [2.24, 2.45) is 0 Å². The molecule has 5 nitrogen and oxygen atoms in total. The first-order valence-electron chi connectivity index (χ1n) is 6.70. The van der Waals surface area contributed by atoms with E-state index in [0.29, 0.717) is 24.8 Å². The molecule has 0 amide bonds. The van der Waals surface area contributed by atoms with Crippen LogP contribution < -0.4 is 0 Å². The molecule has 1 rings (SSSR count). The van der Waals surface area contributed by atoms with Gasteiger partial charge in [0.05, 0.1) is 12.8 Å². The Bertz CT molecular complexity index is 694. The van der Waals surface area contributed by atoms with E-state index >= 15 is 0 Å². The molecule has 0 aliphatic rings. The SMILES string of the molecule is C=C(C)C(=O)OCCCCCC(=O)n1cc(F)c(=S)[nH]c1=S. The third-order valence-electron chi connectivity index (χ3n) is 2.78. The number of ether oxygens (including phenoxy) is 1. The second-order valence-corrected chi connectivity index (χ2v) is 5.52. The van der Waals surface area contributed by atoms with Gasteiger partial charge in [0.25, 0.3) is 0 Å². The Morgan fingerprint density at radius 1 is 1.36 bits per heavy atom. The molecule has 0 aliphatic heterocycles. The van der Waals surface area contributed by atoms with Crippen LogP contribution in [-0.4, -0.2) is 28.0 Å². The molecule has 0 bridgehead atoms. The molecular weight excluding hydrogens is 327 g/mol. The highest BCUT2D eigenvalue weighted by atomic mass is 32.1. The highest BCUT2D eigenvalue weighted by Crippen LogP contribution is 2.06. The molecule has 120 valence electrons. The van der Waals surface area contributed by atoms with Gasteiger partial charge in [0.15, 0.2) is 10.6 Å². The maximum atomic E-state index is 13.3. The fraction of sp³-hybridized carbons (Fsp3) is 0.429. The smallest absolute Gasteiger partial charge is 0.333 e. The maximum absolute atomic E-state index is 13.3. The number of hydrogen-bond acceptors (Lipinski definition) is 5. The van der Waals surface area contributed by atoms with Gasteiger partial charge in [-0.2, -0.15) is 0 Å². The van der Waals surface area contributed by atoms with Crippen LogP contribution in [0.3, 0.4) is 0 Å². The number of carbonyl (C=O) groups is 2. The lowest BCUT2D eigenvalue weighted by Gasteiger charge is -2.06. The van der Waals surface area contributed by atoms with E-state index in [4.69, 9.17) is 29.2 Å². The summed E-state index contributed by atoms with van der Waals surface area (Å²) in [5, 5.41) is 0. The van der Waals surface area contributed by atoms with Crippen LogP contribution in [0.1, 0.15) is 37.4 Å². The molecule has 8 heteroatoms. The Labute approximate surface area is 137 Å². The van der Waals surface area contributed by atoms with Crippen LogP contribution in [0.25, 0.3) is 0 Å². The molecule has 0 radical (unpaired) electrons. The molecule has 1 heterocycles. The second-order valence-electron chi connectivity index (χ2n) is 4.73. The first-order chi connectivity index (χ1) is 10.3. The minimum absolute atomic E-state index is 0.0757. The van der Waals surface area contributed by atoms with Crippen molar-refractivity contribution in [2.75, 3.05) is 6.61 Å². The first-order valence-corrected chi connectivity index (χ1v) is 7.52. The molecule has 0 saturated heterocycles. The number of halogens is 1. The molecule has 0 spiro atoms. The van der Waals surface area contributed by atoms with Crippen LogP contribution in [0.2, 0.25) is 0 Å². The van der Waals surface area contributed by atoms with Crippen molar-refractivity contribution in [3.8, 4) is 0 Å². The number of H-pyrrole nitrogens is 1. The van der Waals surface area contributed by atoms with E-state index in [9.17, 15) is 14.0 Å². The average molecular weight is 344 g/mol. The van der Waals surface area contributed by atoms with Crippen LogP contribution in [0.5, 0.6) is 0 Å². The van der Waals surface area contributed by atoms with E-state index in [-0.39, 0.29) is 28.3 Å². The first kappa shape index (κ1) is 18.4. The summed E-state index contributed by atoms with van der Waals surface area (Å²) in [7, 11) is 0. The summed E-state index contributed by atoms with van der Waals surface area (Å²) >= 11 is 9.63. The molecule has 0 atom stereocenters. The summed E-state index contributed by atoms with van der Waals surface area (Å²) in [6.45, 7) is 5.34. The monoisotopic (exact) mass is 344 g/mol. The number of unbranched alkanes of at least 4 members (excludes halogenated alkanes) is 2. The maximum Gasteiger partial charge on any atom is 0.333 e. The minimum Gasteiger partial charge on any atom is -0.462 e. The van der Waals surface area contributed by atoms with Crippen molar-refractivity contribution in [1.29, 1.82) is 0 Å². The molecule has 0 aliphatic carbocycles. The number of esters is 1. The molecule has 0 aromatic carbocycles. The minimum atomic E-state index is -0.691. The van der Waals surface area contributed by atoms with E-state index in [1.165, 1.54) is 0 Å². The van der Waals surface area contributed by atoms with Crippen LogP contribution in [0, 0.1) is 15.2 Å². The molecule has 0 unspecified atom stereocenters. The average Bonchev–Trinajstić information content (AvgIpc) is 2.45. The summed E-state index contributed by atoms with van der Waals surface area (Å²) < 4.78 is 19.3. The number of rotatable bonds is 7. The van der Waals surface area contributed by atoms with Crippen LogP contribution in [-0.2, 0) is 9.53 Å². The molecule has 1 aromatic heterocycles. The van der Waals surface area contributed by atoms with Gasteiger partial charge < -0.3 is 9.72 Å². The third kappa shape index (κ3) is 5.61. The highest BCUT2D eigenvalue weighted by molar-refractivity contribution is 7.72. The topological polar surface area (TPSA) is 64.1 Å². The number of carbonyl (C=O) groups excluding carboxylic acids is 2. The summed E-state index contributed by atoms with van der Waals surface area (Å²) in [5.74, 6) is -1.42. The van der Waals surface area contributed by atoms with Crippen molar-refractivity contribution >= 4 is 36.3 Å². The van der Waals surface area contributed by atoms with Gasteiger partial charge in [-0.1, -0.05) is 18.8 Å². The lowest BCUT2D eigenvalue weighted by atomic mass is 10.2. The quantitative estimate of drug-likeness (QED) is 0.353. The van der Waals surface area contributed by atoms with Crippen LogP contribution >= 0.6 is 24.4 Å². The van der Waals surface area contributed by atoms with Gasteiger partial charge in [-0.3, -0.25) is 9.36 Å². The largest absolute Gasteiger partial charge is 0.462 e. The zero-order chi connectivity index (χ0) is 16.7. The van der Waals surface area contributed by atoms with Gasteiger partial charge in [-0.25, -0.2) is 9.18 Å². The van der Waals surface area contributed by atoms with Gasteiger partial charge in [0, 0.05) is 12.0 Å². The fourth-order valence-corrected chi connectivity index (χ4v) is 2.07. The Morgan fingerprint density at radius 3 is 2.68 bits per heavy atom. The zero-order valence-electron chi connectivity index (χ0n) is 12.2. The van der Waals surface area contributed by atoms with Gasteiger partial charge >= 0.3 is 5.97 Å². The lowest BCUT2D eigenvalue weighted by molar-refractivity contribution is -0.139. The Hall–Kier alpha value is -1.67. The third-order valence-corrected chi connectivity index (χ3v) is 3.38. The summed E-state index contributed by atoms with van der Waals surface area (Å²) in [5.41, 5.74) is 0.355. The summed E-state index contributed by atoms with van der Waals surface area (Å²) in [6.07, 6.45) is 3.14. The highest BCUT2D eigenvalue weighted by Gasteiger charge is 2.08. The molecule has 22 heavy (non-hydrogen) atoms. The van der Waals surface area contributed by atoms with Gasteiger partial charge in [0.2, 0.25) is 5.91 Å². The summed E-state index contributed by atoms with van der Waals surface area (Å²) in [6, 6.07) is 0. The van der Waals surface area contributed by atoms with E-state index in [2.05, 4.69) is 11.6 Å². The number of aromatic amines is 1. The summed E-state index contributed by atoms with van der Waals surface area (Å²) in [4.78, 5) is 25.5. The molecule has 1 N–H and O–H groups in total. The van der Waals surface area contributed by atoms with Crippen LogP contribution in [0.4, 0.5) is 4.39 Å². The number of aromatic nitrogens is 2. The zero-order valence-corrected chi connectivity index (χ0v) is 13.8. The normalized spacial score (nSPS) is 10.3. The fourth-order valence-electron chi connectivity index (χ4n) is 1.60. The lowest BCUT2D eigenvalue weighted by Crippen LogP contribution is -2.14. The second kappa shape index (κ2) is 8.70. The Morgan fingerprint density at radius 2 is 2.05 bits per heavy atom. The predicted octanol–water partition coefficient (Wildman–Crippen LogP) is 3.73. The molecular formula is C14H17FN2O3S2. The van der Waals surface area contributed by atoms with E-state index in [1.807, 2.05) is 0 Å². The molecule has 1 aromatic rings. The van der Waals surface area contributed by atoms with E-state index in [0.717, 1.165) is 10.8 Å². The van der Waals surface area contributed by atoms with Crippen molar-refractivity contribution in [2.45, 2.75) is 32.6 Å². The molecule has 0 saturated carbocycles. The van der Waals surface area contributed by atoms with Crippen molar-refractivity contribution in [3.05, 3.63) is 33.6 Å². The Kier molecular flexibility index (Phi) is 7.26. The number of nitrogens with zero attached hydrogens (tertiary/aromatic N) is 1. The number of hydrogen-bond donors (Lipinski definition) is 1. The number of nitrogens with one attached hydrogen (secondary N) is 1. The Balaban J connectivity index is 2.37. The van der Waals surface area contributed by atoms with Gasteiger partial charge in [-0.05, 0) is 38.4 Å². The van der Waals surface area contributed by atoms with Gasteiger partial charge in [0.1, 0.15) is 4.64 Å². The van der Waals surface area contributed by atoms with Crippen molar-refractivity contribution in [1.82, 2.24) is 9.55 Å². The van der Waals surface area contributed by atoms with Crippen molar-refractivity contribution < 1.29 is 18.7 Å². The van der Waals surface area contributed by atoms with Gasteiger partial charge in [-0.15, -0.1) is 0 Å². The van der Waals surface area contributed by atoms with E-state index in [1.54, 1.807) is 6.92 Å². The van der Waals surface area contributed by atoms with E-state index < -0.39 is 11.8 Å². The molecule has 0 fully saturated rings. The standard InChI is InChI=1S/C14H17FN2O3S2/c1-9(2)13(19)20-7-5-3-4-6-11(18)17-8-10(15)12(21)16-14(17)22/h8H,1,3-7H2,2H3,(H,16,21,22). The van der Waals surface area contributed by atoms with Crippen molar-refractivity contribution in [3.63, 3.8) is 0 Å².